The molecule has 7 aromatic rings. The van der Waals surface area contributed by atoms with Crippen LogP contribution in [0, 0.1) is 6.92 Å². The third-order valence-corrected chi connectivity index (χ3v) is 12.6. The summed E-state index contributed by atoms with van der Waals surface area (Å²) in [5.41, 5.74) is 15.6. The molecule has 1 heterocycles. The van der Waals surface area contributed by atoms with E-state index in [0.717, 1.165) is 0 Å². The van der Waals surface area contributed by atoms with Crippen LogP contribution in [0.5, 0.6) is 0 Å². The van der Waals surface area contributed by atoms with Crippen LogP contribution in [0.4, 0.5) is 17.1 Å². The van der Waals surface area contributed by atoms with Crippen LogP contribution >= 0.6 is 0 Å². The lowest BCUT2D eigenvalue weighted by Gasteiger charge is -2.32. The van der Waals surface area contributed by atoms with Crippen molar-refractivity contribution in [1.29, 1.82) is 0 Å². The molecule has 0 aromatic heterocycles. The third kappa shape index (κ3) is 4.77. The molecule has 0 amide bonds. The fraction of sp³-hybridized carbons (Fsp3) is 0.106. The van der Waals surface area contributed by atoms with Gasteiger partial charge in [-0.1, -0.05) is 147 Å². The van der Waals surface area contributed by atoms with E-state index in [1.807, 2.05) is 0 Å². The Labute approximate surface area is 292 Å². The summed E-state index contributed by atoms with van der Waals surface area (Å²) in [5, 5.41) is 2.51. The van der Waals surface area contributed by atoms with E-state index in [-0.39, 0.29) is 16.3 Å². The van der Waals surface area contributed by atoms with Gasteiger partial charge < -0.3 is 4.90 Å². The van der Waals surface area contributed by atoms with Gasteiger partial charge in [0.05, 0.1) is 16.6 Å². The first-order valence-electron chi connectivity index (χ1n) is 17.1. The van der Waals surface area contributed by atoms with Crippen molar-refractivity contribution in [3.05, 3.63) is 173 Å². The first-order valence-corrected chi connectivity index (χ1v) is 18.7. The maximum absolute atomic E-state index is 2.47. The minimum atomic E-state index is 0.0000472. The zero-order valence-corrected chi connectivity index (χ0v) is 29.2. The van der Waals surface area contributed by atoms with Gasteiger partial charge in [0.2, 0.25) is 0 Å². The van der Waals surface area contributed by atoms with Crippen LogP contribution in [0.25, 0.3) is 45.2 Å². The van der Waals surface area contributed by atoms with Gasteiger partial charge in [-0.25, -0.2) is 0 Å². The smallest absolute Gasteiger partial charge is 0.184 e. The summed E-state index contributed by atoms with van der Waals surface area (Å²) in [6, 6.07) is 54.1. The largest absolute Gasteiger partial charge is 0.301 e. The highest BCUT2D eigenvalue weighted by atomic mass is 32.2. The molecule has 236 valence electrons. The van der Waals surface area contributed by atoms with Crippen LogP contribution in [0.2, 0.25) is 0 Å². The quantitative estimate of drug-likeness (QED) is 0.136. The number of nitrogens with zero attached hydrogens (tertiary/aromatic N) is 1. The van der Waals surface area contributed by atoms with E-state index in [2.05, 4.69) is 190 Å². The number of hydrogen-bond donors (Lipinski definition) is 0. The number of rotatable bonds is 4. The molecule has 0 radical (unpaired) electrons. The van der Waals surface area contributed by atoms with Gasteiger partial charge in [0.25, 0.3) is 0 Å². The molecule has 1 nitrogen and oxygen atoms in total. The van der Waals surface area contributed by atoms with E-state index >= 15 is 0 Å². The molecular weight excluding hydrogens is 611 g/mol. The van der Waals surface area contributed by atoms with Crippen molar-refractivity contribution in [3.63, 3.8) is 0 Å². The van der Waals surface area contributed by atoms with Crippen molar-refractivity contribution in [3.8, 4) is 22.3 Å². The Hall–Kier alpha value is -5.31. The highest BCUT2D eigenvalue weighted by Gasteiger charge is 2.37. The highest BCUT2D eigenvalue weighted by molar-refractivity contribution is 7.96. The van der Waals surface area contributed by atoms with Gasteiger partial charge in [-0.15, -0.1) is 0 Å². The molecule has 1 aliphatic heterocycles. The van der Waals surface area contributed by atoms with Crippen LogP contribution in [0.1, 0.15) is 41.7 Å². The molecule has 0 saturated heterocycles. The van der Waals surface area contributed by atoms with Crippen molar-refractivity contribution in [2.45, 2.75) is 36.0 Å². The van der Waals surface area contributed by atoms with Gasteiger partial charge in [-0.05, 0) is 87.1 Å². The maximum Gasteiger partial charge on any atom is 0.184 e. The Bertz CT molecular complexity index is 2400. The topological polar surface area (TPSA) is 3.24 Å². The molecule has 49 heavy (non-hydrogen) atoms. The standard InChI is InChI=1S/C47H38NS/c1-31-17-25-37-38-26-22-33(30-41(38)47(2,3)40(37)29-31)19-18-32-20-23-34(24-21-32)35-27-28-42(39-12-6-5-11-36(35)39)48-43-13-7-9-15-45(43)49(4)46-16-10-8-14-44(46)48/h5-30H,1-4H3/q+1/b19-18+. The fourth-order valence-corrected chi connectivity index (χ4v) is 9.73. The van der Waals surface area contributed by atoms with Crippen molar-refractivity contribution in [2.24, 2.45) is 0 Å². The predicted molar refractivity (Wildman–Crippen MR) is 212 cm³/mol. The van der Waals surface area contributed by atoms with Crippen LogP contribution in [-0.4, -0.2) is 6.26 Å². The molecule has 0 spiro atoms. The molecule has 7 aromatic carbocycles. The number of para-hydroxylation sites is 2. The lowest BCUT2D eigenvalue weighted by molar-refractivity contribution is 0.659. The second-order valence-corrected chi connectivity index (χ2v) is 15.8. The summed E-state index contributed by atoms with van der Waals surface area (Å²) in [7, 11) is 0.0209. The molecule has 0 N–H and O–H groups in total. The Kier molecular flexibility index (Phi) is 6.93. The number of fused-ring (bicyclic) bond motifs is 6. The average molecular weight is 649 g/mol. The summed E-state index contributed by atoms with van der Waals surface area (Å²) >= 11 is 0. The normalized spacial score (nSPS) is 14.5. The number of anilines is 3. The minimum Gasteiger partial charge on any atom is -0.301 e. The van der Waals surface area contributed by atoms with Crippen molar-refractivity contribution in [2.75, 3.05) is 11.2 Å². The predicted octanol–water partition coefficient (Wildman–Crippen LogP) is 12.7. The van der Waals surface area contributed by atoms with Gasteiger partial charge >= 0.3 is 0 Å². The van der Waals surface area contributed by atoms with E-state index < -0.39 is 0 Å². The first kappa shape index (κ1) is 29.8. The summed E-state index contributed by atoms with van der Waals surface area (Å²) in [6.45, 7) is 6.89. The third-order valence-electron chi connectivity index (χ3n) is 10.6. The molecule has 2 aliphatic rings. The zero-order chi connectivity index (χ0) is 33.3. The molecule has 0 fully saturated rings. The second-order valence-electron chi connectivity index (χ2n) is 13.9. The Balaban J connectivity index is 1.05. The van der Waals surface area contributed by atoms with Crippen molar-refractivity contribution >= 4 is 50.9 Å². The molecule has 2 heteroatoms. The highest BCUT2D eigenvalue weighted by Crippen LogP contribution is 2.51. The van der Waals surface area contributed by atoms with E-state index in [0.29, 0.717) is 0 Å². The summed E-state index contributed by atoms with van der Waals surface area (Å²) < 4.78 is 0. The van der Waals surface area contributed by atoms with Gasteiger partial charge in [0.15, 0.2) is 9.79 Å². The lowest BCUT2D eigenvalue weighted by Crippen LogP contribution is -2.21. The number of benzene rings is 7. The lowest BCUT2D eigenvalue weighted by atomic mass is 9.81. The van der Waals surface area contributed by atoms with Gasteiger partial charge in [0.1, 0.15) is 17.6 Å². The Morgan fingerprint density at radius 1 is 0.510 bits per heavy atom. The van der Waals surface area contributed by atoms with Crippen LogP contribution in [-0.2, 0) is 16.3 Å². The minimum absolute atomic E-state index is 0.0000472. The van der Waals surface area contributed by atoms with Crippen molar-refractivity contribution in [1.82, 2.24) is 0 Å². The van der Waals surface area contributed by atoms with Crippen LogP contribution in [0.3, 0.4) is 0 Å². The van der Waals surface area contributed by atoms with Gasteiger partial charge in [-0.2, -0.15) is 0 Å². The molecule has 0 saturated carbocycles. The van der Waals surface area contributed by atoms with E-state index in [9.17, 15) is 0 Å². The monoisotopic (exact) mass is 648 g/mol. The summed E-state index contributed by atoms with van der Waals surface area (Å²) in [4.78, 5) is 5.25. The number of aryl methyl sites for hydroxylation is 1. The maximum atomic E-state index is 2.47. The Morgan fingerprint density at radius 2 is 1.06 bits per heavy atom. The summed E-state index contributed by atoms with van der Waals surface area (Å²) in [5.74, 6) is 0. The molecule has 0 bridgehead atoms. The molecule has 0 unspecified atom stereocenters. The first-order chi connectivity index (χ1) is 23.9. The summed E-state index contributed by atoms with van der Waals surface area (Å²) in [6.07, 6.45) is 6.83. The fourth-order valence-electron chi connectivity index (χ4n) is 7.98. The van der Waals surface area contributed by atoms with Crippen molar-refractivity contribution < 1.29 is 0 Å². The van der Waals surface area contributed by atoms with E-state index in [4.69, 9.17) is 0 Å². The Morgan fingerprint density at radius 3 is 1.78 bits per heavy atom. The van der Waals surface area contributed by atoms with Gasteiger partial charge in [-0.3, -0.25) is 0 Å². The SMILES string of the molecule is Cc1ccc2c(c1)C(C)(C)c1cc(/C=C/c3ccc(-c4ccc(N5c6ccccc6[S+](C)c6ccccc65)c5ccccc45)cc3)ccc1-2. The van der Waals surface area contributed by atoms with E-state index in [1.165, 1.54) is 87.7 Å². The van der Waals surface area contributed by atoms with Crippen LogP contribution in [0.15, 0.2) is 155 Å². The average Bonchev–Trinajstić information content (AvgIpc) is 3.36. The number of hydrogen-bond acceptors (Lipinski definition) is 1. The molecule has 0 atom stereocenters. The zero-order valence-electron chi connectivity index (χ0n) is 28.4. The van der Waals surface area contributed by atoms with E-state index in [1.54, 1.807) is 0 Å². The molecule has 1 aliphatic carbocycles. The van der Waals surface area contributed by atoms with Crippen LogP contribution < -0.4 is 4.90 Å². The molecule has 9 rings (SSSR count). The second kappa shape index (κ2) is 11.4. The van der Waals surface area contributed by atoms with Gasteiger partial charge in [0, 0.05) is 10.8 Å². The molecular formula is C47H38NS+.